The van der Waals surface area contributed by atoms with Crippen molar-refractivity contribution >= 4 is 17.5 Å². The summed E-state index contributed by atoms with van der Waals surface area (Å²) in [4.78, 5) is 34.6. The van der Waals surface area contributed by atoms with Crippen LogP contribution in [0.1, 0.15) is 97.8 Å². The number of carbonyl (C=O) groups excluding carboxylic acids is 2. The first-order valence-corrected chi connectivity index (χ1v) is 9.35. The van der Waals surface area contributed by atoms with Gasteiger partial charge in [-0.2, -0.15) is 0 Å². The lowest BCUT2D eigenvalue weighted by atomic mass is 9.97. The molecular formula is C20H34O4. The fourth-order valence-corrected chi connectivity index (χ4v) is 2.60. The Morgan fingerprint density at radius 1 is 0.625 bits per heavy atom. The summed E-state index contributed by atoms with van der Waals surface area (Å²) in [5, 5.41) is 8.55. The SMILES string of the molecule is CCCCCC(=O)/C(C)=C(/C)C(=O)CCCCCCCCC(=O)O. The van der Waals surface area contributed by atoms with Crippen LogP contribution in [0, 0.1) is 0 Å². The number of hydrogen-bond donors (Lipinski definition) is 1. The van der Waals surface area contributed by atoms with Crippen LogP contribution in [0.2, 0.25) is 0 Å². The third kappa shape index (κ3) is 11.1. The molecular weight excluding hydrogens is 304 g/mol. The van der Waals surface area contributed by atoms with Crippen molar-refractivity contribution in [2.75, 3.05) is 0 Å². The Labute approximate surface area is 146 Å². The van der Waals surface area contributed by atoms with E-state index in [1.807, 2.05) is 0 Å². The highest BCUT2D eigenvalue weighted by atomic mass is 16.4. The van der Waals surface area contributed by atoms with Gasteiger partial charge in [0.1, 0.15) is 0 Å². The molecule has 0 fully saturated rings. The van der Waals surface area contributed by atoms with Gasteiger partial charge in [-0.25, -0.2) is 0 Å². The fourth-order valence-electron chi connectivity index (χ4n) is 2.60. The summed E-state index contributed by atoms with van der Waals surface area (Å²) in [6.45, 7) is 5.64. The standard InChI is InChI=1S/C20H34O4/c1-4-5-10-13-18(21)16(2)17(3)19(22)14-11-8-6-7-9-12-15-20(23)24/h4-15H2,1-3H3,(H,23,24)/b17-16-. The molecule has 0 saturated heterocycles. The molecule has 0 aromatic heterocycles. The Morgan fingerprint density at radius 2 is 1.00 bits per heavy atom. The van der Waals surface area contributed by atoms with E-state index >= 15 is 0 Å². The van der Waals surface area contributed by atoms with E-state index in [1.165, 1.54) is 0 Å². The van der Waals surface area contributed by atoms with E-state index in [4.69, 9.17) is 5.11 Å². The van der Waals surface area contributed by atoms with Crippen LogP contribution in [-0.4, -0.2) is 22.6 Å². The van der Waals surface area contributed by atoms with E-state index < -0.39 is 5.97 Å². The first-order valence-electron chi connectivity index (χ1n) is 9.35. The van der Waals surface area contributed by atoms with E-state index in [0.717, 1.165) is 57.8 Å². The zero-order chi connectivity index (χ0) is 18.4. The molecule has 0 amide bonds. The predicted molar refractivity (Wildman–Crippen MR) is 97.1 cm³/mol. The third-order valence-corrected chi connectivity index (χ3v) is 4.45. The first-order chi connectivity index (χ1) is 11.4. The van der Waals surface area contributed by atoms with Gasteiger partial charge in [0, 0.05) is 19.3 Å². The van der Waals surface area contributed by atoms with Gasteiger partial charge < -0.3 is 5.11 Å². The van der Waals surface area contributed by atoms with Gasteiger partial charge in [-0.3, -0.25) is 14.4 Å². The highest BCUT2D eigenvalue weighted by molar-refractivity contribution is 6.05. The van der Waals surface area contributed by atoms with Gasteiger partial charge in [0.15, 0.2) is 11.6 Å². The summed E-state index contributed by atoms with van der Waals surface area (Å²) in [5.41, 5.74) is 1.25. The number of Topliss-reactive ketones (excluding diaryl/α,β-unsaturated/α-hetero) is 2. The van der Waals surface area contributed by atoms with E-state index in [9.17, 15) is 14.4 Å². The normalized spacial score (nSPS) is 12.0. The molecule has 0 radical (unpaired) electrons. The first kappa shape index (κ1) is 22.6. The molecule has 24 heavy (non-hydrogen) atoms. The average molecular weight is 338 g/mol. The zero-order valence-corrected chi connectivity index (χ0v) is 15.7. The lowest BCUT2D eigenvalue weighted by Crippen LogP contribution is -2.08. The molecule has 0 atom stereocenters. The minimum Gasteiger partial charge on any atom is -0.481 e. The molecule has 0 aromatic rings. The number of unbranched alkanes of at least 4 members (excludes halogenated alkanes) is 7. The highest BCUT2D eigenvalue weighted by Gasteiger charge is 2.13. The van der Waals surface area contributed by atoms with Gasteiger partial charge in [0.2, 0.25) is 0 Å². The van der Waals surface area contributed by atoms with Crippen LogP contribution >= 0.6 is 0 Å². The van der Waals surface area contributed by atoms with Gasteiger partial charge in [-0.15, -0.1) is 0 Å². The average Bonchev–Trinajstić information content (AvgIpc) is 2.55. The van der Waals surface area contributed by atoms with Crippen molar-refractivity contribution in [1.29, 1.82) is 0 Å². The molecule has 0 heterocycles. The summed E-state index contributed by atoms with van der Waals surface area (Å²) in [7, 11) is 0. The van der Waals surface area contributed by atoms with Crippen LogP contribution in [0.5, 0.6) is 0 Å². The van der Waals surface area contributed by atoms with Crippen LogP contribution < -0.4 is 0 Å². The Bertz CT molecular complexity index is 435. The molecule has 0 aliphatic rings. The summed E-state index contributed by atoms with van der Waals surface area (Å²) in [5.74, 6) is -0.544. The minimum atomic E-state index is -0.734. The fraction of sp³-hybridized carbons (Fsp3) is 0.750. The van der Waals surface area contributed by atoms with Crippen molar-refractivity contribution in [3.8, 4) is 0 Å². The topological polar surface area (TPSA) is 71.4 Å². The summed E-state index contributed by atoms with van der Waals surface area (Å²) >= 11 is 0. The molecule has 1 N–H and O–H groups in total. The Kier molecular flexibility index (Phi) is 13.1. The van der Waals surface area contributed by atoms with Gasteiger partial charge in [-0.05, 0) is 44.3 Å². The van der Waals surface area contributed by atoms with E-state index in [1.54, 1.807) is 13.8 Å². The quantitative estimate of drug-likeness (QED) is 0.327. The van der Waals surface area contributed by atoms with Gasteiger partial charge in [-0.1, -0.05) is 45.4 Å². The molecule has 0 rings (SSSR count). The summed E-state index contributed by atoms with van der Waals surface area (Å²) in [6.07, 6.45) is 9.87. The lowest BCUT2D eigenvalue weighted by molar-refractivity contribution is -0.137. The Hall–Kier alpha value is -1.45. The molecule has 4 nitrogen and oxygen atoms in total. The van der Waals surface area contributed by atoms with Crippen LogP contribution in [0.4, 0.5) is 0 Å². The van der Waals surface area contributed by atoms with Crippen molar-refractivity contribution in [2.24, 2.45) is 0 Å². The molecule has 0 spiro atoms. The van der Waals surface area contributed by atoms with Gasteiger partial charge in [0.05, 0.1) is 0 Å². The molecule has 4 heteroatoms. The maximum absolute atomic E-state index is 12.2. The molecule has 0 aliphatic carbocycles. The smallest absolute Gasteiger partial charge is 0.303 e. The molecule has 0 saturated carbocycles. The van der Waals surface area contributed by atoms with Crippen LogP contribution in [0.25, 0.3) is 0 Å². The number of carbonyl (C=O) groups is 3. The van der Waals surface area contributed by atoms with Gasteiger partial charge >= 0.3 is 5.97 Å². The molecule has 0 bridgehead atoms. The second-order valence-electron chi connectivity index (χ2n) is 6.57. The number of rotatable bonds is 15. The van der Waals surface area contributed by atoms with Crippen molar-refractivity contribution < 1.29 is 19.5 Å². The molecule has 138 valence electrons. The highest BCUT2D eigenvalue weighted by Crippen LogP contribution is 2.15. The second-order valence-corrected chi connectivity index (χ2v) is 6.57. The van der Waals surface area contributed by atoms with E-state index in [-0.39, 0.29) is 18.0 Å². The monoisotopic (exact) mass is 338 g/mol. The number of carboxylic acid groups (broad SMARTS) is 1. The minimum absolute atomic E-state index is 0.0854. The molecule has 0 unspecified atom stereocenters. The van der Waals surface area contributed by atoms with Crippen LogP contribution in [0.3, 0.4) is 0 Å². The van der Waals surface area contributed by atoms with E-state index in [2.05, 4.69) is 6.92 Å². The molecule has 0 aromatic carbocycles. The van der Waals surface area contributed by atoms with E-state index in [0.29, 0.717) is 24.0 Å². The molecule has 0 aliphatic heterocycles. The maximum Gasteiger partial charge on any atom is 0.303 e. The predicted octanol–water partition coefficient (Wildman–Crippen LogP) is 5.25. The number of hydrogen-bond acceptors (Lipinski definition) is 3. The van der Waals surface area contributed by atoms with Crippen molar-refractivity contribution in [2.45, 2.75) is 97.8 Å². The maximum atomic E-state index is 12.2. The second kappa shape index (κ2) is 13.9. The summed E-state index contributed by atoms with van der Waals surface area (Å²) in [6, 6.07) is 0. The Balaban J connectivity index is 3.94. The number of ketones is 2. The summed E-state index contributed by atoms with van der Waals surface area (Å²) < 4.78 is 0. The zero-order valence-electron chi connectivity index (χ0n) is 15.7. The van der Waals surface area contributed by atoms with Crippen LogP contribution in [-0.2, 0) is 14.4 Å². The largest absolute Gasteiger partial charge is 0.481 e. The lowest BCUT2D eigenvalue weighted by Gasteiger charge is -2.07. The van der Waals surface area contributed by atoms with Crippen molar-refractivity contribution in [3.63, 3.8) is 0 Å². The van der Waals surface area contributed by atoms with Crippen molar-refractivity contribution in [3.05, 3.63) is 11.1 Å². The van der Waals surface area contributed by atoms with Crippen molar-refractivity contribution in [1.82, 2.24) is 0 Å². The number of aliphatic carboxylic acids is 1. The van der Waals surface area contributed by atoms with Gasteiger partial charge in [0.25, 0.3) is 0 Å². The number of allylic oxidation sites excluding steroid dienone is 2. The number of carboxylic acids is 1. The van der Waals surface area contributed by atoms with Crippen LogP contribution in [0.15, 0.2) is 11.1 Å². The Morgan fingerprint density at radius 3 is 1.42 bits per heavy atom. The third-order valence-electron chi connectivity index (χ3n) is 4.45.